The predicted octanol–water partition coefficient (Wildman–Crippen LogP) is 5.13. The maximum absolute atomic E-state index is 13.6. The lowest BCUT2D eigenvalue weighted by Crippen LogP contribution is -1.97. The summed E-state index contributed by atoms with van der Waals surface area (Å²) < 4.78 is 37.6. The molecule has 3 aromatic carbocycles. The average molecular weight is 371 g/mol. The normalized spacial score (nSPS) is 10.5. The van der Waals surface area contributed by atoms with Gasteiger partial charge in [-0.1, -0.05) is 24.3 Å². The van der Waals surface area contributed by atoms with E-state index in [1.807, 2.05) is 0 Å². The monoisotopic (exact) mass is 371 g/mol. The highest BCUT2D eigenvalue weighted by molar-refractivity contribution is 5.71. The minimum atomic E-state index is -0.979. The SMILES string of the molecule is COc1cc(F)c(F)cc1-c1ccc(OCc2cccc([N+](=O)[O-])c2)cc1. The van der Waals surface area contributed by atoms with Crippen molar-refractivity contribution in [3.8, 4) is 22.6 Å². The largest absolute Gasteiger partial charge is 0.496 e. The van der Waals surface area contributed by atoms with Crippen LogP contribution in [0.2, 0.25) is 0 Å². The zero-order chi connectivity index (χ0) is 19.4. The second-order valence-corrected chi connectivity index (χ2v) is 5.71. The first-order valence-electron chi connectivity index (χ1n) is 7.97. The molecule has 0 aliphatic rings. The van der Waals surface area contributed by atoms with Crippen LogP contribution >= 0.6 is 0 Å². The summed E-state index contributed by atoms with van der Waals surface area (Å²) in [5, 5.41) is 10.8. The minimum absolute atomic E-state index is 0.00289. The summed E-state index contributed by atoms with van der Waals surface area (Å²) in [6.45, 7) is 0.162. The highest BCUT2D eigenvalue weighted by Gasteiger charge is 2.12. The van der Waals surface area contributed by atoms with Gasteiger partial charge in [-0.25, -0.2) is 8.78 Å². The van der Waals surface area contributed by atoms with E-state index in [9.17, 15) is 18.9 Å². The maximum atomic E-state index is 13.6. The molecule has 0 aliphatic carbocycles. The lowest BCUT2D eigenvalue weighted by Gasteiger charge is -2.11. The number of benzene rings is 3. The third-order valence-corrected chi connectivity index (χ3v) is 3.93. The third kappa shape index (κ3) is 4.20. The summed E-state index contributed by atoms with van der Waals surface area (Å²) in [6, 6.07) is 15.0. The Morgan fingerprint density at radius 3 is 2.37 bits per heavy atom. The van der Waals surface area contributed by atoms with Crippen LogP contribution in [-0.2, 0) is 6.61 Å². The maximum Gasteiger partial charge on any atom is 0.269 e. The van der Waals surface area contributed by atoms with Gasteiger partial charge in [0.15, 0.2) is 11.6 Å². The van der Waals surface area contributed by atoms with Crippen molar-refractivity contribution in [2.45, 2.75) is 6.61 Å². The van der Waals surface area contributed by atoms with Crippen molar-refractivity contribution in [2.24, 2.45) is 0 Å². The van der Waals surface area contributed by atoms with Crippen LogP contribution in [0.25, 0.3) is 11.1 Å². The molecule has 0 aromatic heterocycles. The van der Waals surface area contributed by atoms with Crippen molar-refractivity contribution in [3.05, 3.63) is 88.0 Å². The number of hydrogen-bond acceptors (Lipinski definition) is 4. The Balaban J connectivity index is 1.75. The van der Waals surface area contributed by atoms with Crippen molar-refractivity contribution >= 4 is 5.69 Å². The molecule has 3 rings (SSSR count). The third-order valence-electron chi connectivity index (χ3n) is 3.93. The molecule has 0 saturated carbocycles. The van der Waals surface area contributed by atoms with Crippen molar-refractivity contribution in [1.29, 1.82) is 0 Å². The Hall–Kier alpha value is -3.48. The van der Waals surface area contributed by atoms with E-state index in [-0.39, 0.29) is 18.0 Å². The van der Waals surface area contributed by atoms with Gasteiger partial charge in [0.1, 0.15) is 18.1 Å². The van der Waals surface area contributed by atoms with Crippen LogP contribution in [0.15, 0.2) is 60.7 Å². The minimum Gasteiger partial charge on any atom is -0.496 e. The number of hydrogen-bond donors (Lipinski definition) is 0. The van der Waals surface area contributed by atoms with Gasteiger partial charge in [0, 0.05) is 23.8 Å². The van der Waals surface area contributed by atoms with E-state index in [2.05, 4.69) is 0 Å². The molecule has 0 fully saturated rings. The lowest BCUT2D eigenvalue weighted by molar-refractivity contribution is -0.384. The zero-order valence-corrected chi connectivity index (χ0v) is 14.3. The molecule has 0 radical (unpaired) electrons. The summed E-state index contributed by atoms with van der Waals surface area (Å²) in [6.07, 6.45) is 0. The van der Waals surface area contributed by atoms with Crippen LogP contribution < -0.4 is 9.47 Å². The molecule has 7 heteroatoms. The molecule has 0 amide bonds. The first kappa shape index (κ1) is 18.3. The number of rotatable bonds is 6. The fraction of sp³-hybridized carbons (Fsp3) is 0.100. The molecule has 3 aromatic rings. The molecule has 0 aliphatic heterocycles. The van der Waals surface area contributed by atoms with Crippen molar-refractivity contribution in [1.82, 2.24) is 0 Å². The number of nitro groups is 1. The van der Waals surface area contributed by atoms with Gasteiger partial charge in [0.25, 0.3) is 5.69 Å². The van der Waals surface area contributed by atoms with E-state index in [0.29, 0.717) is 22.4 Å². The summed E-state index contributed by atoms with van der Waals surface area (Å²) in [7, 11) is 1.38. The summed E-state index contributed by atoms with van der Waals surface area (Å²) in [5.74, 6) is -1.18. The molecule has 0 N–H and O–H groups in total. The Morgan fingerprint density at radius 2 is 1.70 bits per heavy atom. The predicted molar refractivity (Wildman–Crippen MR) is 95.8 cm³/mol. The molecule has 0 atom stereocenters. The molecule has 5 nitrogen and oxygen atoms in total. The fourth-order valence-corrected chi connectivity index (χ4v) is 2.58. The van der Waals surface area contributed by atoms with E-state index >= 15 is 0 Å². The van der Waals surface area contributed by atoms with Gasteiger partial charge in [0.05, 0.1) is 12.0 Å². The highest BCUT2D eigenvalue weighted by Crippen LogP contribution is 2.33. The van der Waals surface area contributed by atoms with Crippen LogP contribution in [0.4, 0.5) is 14.5 Å². The first-order valence-corrected chi connectivity index (χ1v) is 7.97. The molecule has 27 heavy (non-hydrogen) atoms. The van der Waals surface area contributed by atoms with Crippen molar-refractivity contribution < 1.29 is 23.2 Å². The number of non-ortho nitro benzene ring substituents is 1. The summed E-state index contributed by atoms with van der Waals surface area (Å²) in [5.41, 5.74) is 1.71. The number of nitro benzene ring substituents is 1. The van der Waals surface area contributed by atoms with Crippen molar-refractivity contribution in [3.63, 3.8) is 0 Å². The zero-order valence-electron chi connectivity index (χ0n) is 14.3. The smallest absolute Gasteiger partial charge is 0.269 e. The van der Waals surface area contributed by atoms with Gasteiger partial charge in [-0.05, 0) is 29.3 Å². The summed E-state index contributed by atoms with van der Waals surface area (Å²) in [4.78, 5) is 10.3. The van der Waals surface area contributed by atoms with Gasteiger partial charge in [0.2, 0.25) is 0 Å². The van der Waals surface area contributed by atoms with E-state index < -0.39 is 16.6 Å². The molecule has 0 unspecified atom stereocenters. The van der Waals surface area contributed by atoms with Crippen LogP contribution in [0.1, 0.15) is 5.56 Å². The molecular weight excluding hydrogens is 356 g/mol. The van der Waals surface area contributed by atoms with Gasteiger partial charge in [-0.3, -0.25) is 10.1 Å². The van der Waals surface area contributed by atoms with E-state index in [1.54, 1.807) is 36.4 Å². The molecule has 138 valence electrons. The second-order valence-electron chi connectivity index (χ2n) is 5.71. The molecule has 0 bridgehead atoms. The number of methoxy groups -OCH3 is 1. The number of halogens is 2. The van der Waals surface area contributed by atoms with E-state index in [4.69, 9.17) is 9.47 Å². The van der Waals surface area contributed by atoms with E-state index in [1.165, 1.54) is 19.2 Å². The van der Waals surface area contributed by atoms with Crippen LogP contribution in [-0.4, -0.2) is 12.0 Å². The van der Waals surface area contributed by atoms with Gasteiger partial charge < -0.3 is 9.47 Å². The van der Waals surface area contributed by atoms with E-state index in [0.717, 1.165) is 12.1 Å². The average Bonchev–Trinajstić information content (AvgIpc) is 2.68. The molecule has 0 saturated heterocycles. The summed E-state index contributed by atoms with van der Waals surface area (Å²) >= 11 is 0. The standard InChI is InChI=1S/C20H15F2NO4/c1-26-20-11-19(22)18(21)10-17(20)14-5-7-16(8-6-14)27-12-13-3-2-4-15(9-13)23(24)25/h2-11H,12H2,1H3. The number of ether oxygens (including phenoxy) is 2. The first-order chi connectivity index (χ1) is 13.0. The Bertz CT molecular complexity index is 974. The van der Waals surface area contributed by atoms with Crippen LogP contribution in [0.3, 0.4) is 0 Å². The fourth-order valence-electron chi connectivity index (χ4n) is 2.58. The van der Waals surface area contributed by atoms with Gasteiger partial charge >= 0.3 is 0 Å². The quantitative estimate of drug-likeness (QED) is 0.445. The van der Waals surface area contributed by atoms with Crippen molar-refractivity contribution in [2.75, 3.05) is 7.11 Å². The lowest BCUT2D eigenvalue weighted by atomic mass is 10.0. The second kappa shape index (κ2) is 7.82. The highest BCUT2D eigenvalue weighted by atomic mass is 19.2. The Kier molecular flexibility index (Phi) is 5.30. The van der Waals surface area contributed by atoms with Gasteiger partial charge in [-0.15, -0.1) is 0 Å². The van der Waals surface area contributed by atoms with Crippen LogP contribution in [0.5, 0.6) is 11.5 Å². The molecule has 0 spiro atoms. The molecule has 0 heterocycles. The molecular formula is C20H15F2NO4. The van der Waals surface area contributed by atoms with Crippen LogP contribution in [0, 0.1) is 21.7 Å². The van der Waals surface area contributed by atoms with Gasteiger partial charge in [-0.2, -0.15) is 0 Å². The Labute approximate surface area is 153 Å². The topological polar surface area (TPSA) is 61.6 Å². The number of nitrogens with zero attached hydrogens (tertiary/aromatic N) is 1. The Morgan fingerprint density at radius 1 is 1.00 bits per heavy atom.